The van der Waals surface area contributed by atoms with Crippen molar-refractivity contribution in [3.8, 4) is 0 Å². The van der Waals surface area contributed by atoms with Crippen molar-refractivity contribution in [1.29, 1.82) is 0 Å². The first-order valence-electron chi connectivity index (χ1n) is 5.55. The minimum absolute atomic E-state index is 0.163. The van der Waals surface area contributed by atoms with Gasteiger partial charge in [0.1, 0.15) is 5.78 Å². The zero-order chi connectivity index (χ0) is 11.2. The van der Waals surface area contributed by atoms with E-state index in [-0.39, 0.29) is 17.1 Å². The van der Waals surface area contributed by atoms with Gasteiger partial charge in [0.15, 0.2) is 0 Å². The molecule has 0 aromatic heterocycles. The first-order chi connectivity index (χ1) is 7.70. The van der Waals surface area contributed by atoms with Crippen LogP contribution < -0.4 is 0 Å². The van der Waals surface area contributed by atoms with Gasteiger partial charge in [-0.15, -0.1) is 0 Å². The van der Waals surface area contributed by atoms with Gasteiger partial charge in [-0.2, -0.15) is 0 Å². The number of likely N-dealkylation sites (tertiary alicyclic amines) is 1. The Morgan fingerprint density at radius 3 is 2.38 bits per heavy atom. The predicted octanol–water partition coefficient (Wildman–Crippen LogP) is 1.38. The van der Waals surface area contributed by atoms with Crippen LogP contribution in [-0.4, -0.2) is 23.1 Å². The third-order valence-electron chi connectivity index (χ3n) is 3.52. The molecule has 1 saturated heterocycles. The molecule has 0 bridgehead atoms. The predicted molar refractivity (Wildman–Crippen MR) is 58.5 cm³/mol. The fraction of sp³-hybridized carbons (Fsp3) is 0.385. The molecular weight excluding hydrogens is 202 g/mol. The fourth-order valence-corrected chi connectivity index (χ4v) is 2.65. The van der Waals surface area contributed by atoms with Crippen LogP contribution in [0, 0.1) is 5.41 Å². The van der Waals surface area contributed by atoms with Crippen molar-refractivity contribution >= 4 is 11.7 Å². The molecule has 1 amide bonds. The molecule has 1 aliphatic heterocycles. The van der Waals surface area contributed by atoms with Gasteiger partial charge in [0.2, 0.25) is 5.91 Å². The first-order valence-corrected chi connectivity index (χ1v) is 5.55. The molecule has 3 nitrogen and oxygen atoms in total. The second-order valence-electron chi connectivity index (χ2n) is 4.82. The molecule has 1 aromatic rings. The van der Waals surface area contributed by atoms with Crippen molar-refractivity contribution in [2.75, 3.05) is 6.54 Å². The van der Waals surface area contributed by atoms with E-state index in [1.54, 1.807) is 0 Å². The Hall–Kier alpha value is -1.64. The summed E-state index contributed by atoms with van der Waals surface area (Å²) in [4.78, 5) is 24.7. The minimum atomic E-state index is -0.286. The molecule has 0 N–H and O–H groups in total. The quantitative estimate of drug-likeness (QED) is 0.699. The van der Waals surface area contributed by atoms with Crippen molar-refractivity contribution in [2.24, 2.45) is 5.41 Å². The lowest BCUT2D eigenvalue weighted by Crippen LogP contribution is -2.66. The van der Waals surface area contributed by atoms with Crippen LogP contribution >= 0.6 is 0 Å². The number of hydrogen-bond donors (Lipinski definition) is 0. The third kappa shape index (κ3) is 1.28. The number of ketones is 1. The molecule has 1 heterocycles. The molecule has 1 aromatic carbocycles. The van der Waals surface area contributed by atoms with Crippen LogP contribution in [0.1, 0.15) is 18.4 Å². The topological polar surface area (TPSA) is 37.4 Å². The van der Waals surface area contributed by atoms with Gasteiger partial charge < -0.3 is 4.90 Å². The number of β-lactam (4-membered cyclic amide) rings is 1. The Labute approximate surface area is 94.1 Å². The Morgan fingerprint density at radius 2 is 1.81 bits per heavy atom. The maximum absolute atomic E-state index is 11.9. The van der Waals surface area contributed by atoms with E-state index >= 15 is 0 Å². The highest BCUT2D eigenvalue weighted by Crippen LogP contribution is 2.47. The van der Waals surface area contributed by atoms with Gasteiger partial charge in [0.05, 0.1) is 5.41 Å². The van der Waals surface area contributed by atoms with E-state index in [9.17, 15) is 9.59 Å². The second-order valence-corrected chi connectivity index (χ2v) is 4.82. The normalized spacial score (nSPS) is 21.9. The standard InChI is InChI=1S/C13H13NO2/c15-11-6-13(7-11)9-14(12(13)16)8-10-4-2-1-3-5-10/h1-5H,6-9H2. The summed E-state index contributed by atoms with van der Waals surface area (Å²) in [7, 11) is 0. The summed E-state index contributed by atoms with van der Waals surface area (Å²) in [5, 5.41) is 0. The summed E-state index contributed by atoms with van der Waals surface area (Å²) in [5.74, 6) is 0.392. The monoisotopic (exact) mass is 215 g/mol. The van der Waals surface area contributed by atoms with Crippen LogP contribution in [0.15, 0.2) is 30.3 Å². The van der Waals surface area contributed by atoms with E-state index in [1.165, 1.54) is 0 Å². The highest BCUT2D eigenvalue weighted by molar-refractivity contribution is 6.03. The summed E-state index contributed by atoms with van der Waals surface area (Å²) >= 11 is 0. The van der Waals surface area contributed by atoms with Crippen molar-refractivity contribution < 1.29 is 9.59 Å². The van der Waals surface area contributed by atoms with Crippen molar-refractivity contribution in [2.45, 2.75) is 19.4 Å². The lowest BCUT2D eigenvalue weighted by Gasteiger charge is -2.53. The molecule has 0 atom stereocenters. The van der Waals surface area contributed by atoms with E-state index in [2.05, 4.69) is 0 Å². The van der Waals surface area contributed by atoms with Gasteiger partial charge in [0.25, 0.3) is 0 Å². The van der Waals surface area contributed by atoms with Crippen molar-refractivity contribution in [3.05, 3.63) is 35.9 Å². The van der Waals surface area contributed by atoms with E-state index < -0.39 is 0 Å². The molecule has 3 heteroatoms. The zero-order valence-corrected chi connectivity index (χ0v) is 8.98. The number of carbonyl (C=O) groups excluding carboxylic acids is 2. The molecular formula is C13H13NO2. The summed E-state index contributed by atoms with van der Waals surface area (Å²) in [6.07, 6.45) is 0.939. The lowest BCUT2D eigenvalue weighted by atomic mass is 9.62. The molecule has 2 fully saturated rings. The van der Waals surface area contributed by atoms with E-state index in [1.807, 2.05) is 35.2 Å². The van der Waals surface area contributed by atoms with Gasteiger partial charge >= 0.3 is 0 Å². The summed E-state index contributed by atoms with van der Waals surface area (Å²) in [6.45, 7) is 1.43. The molecule has 82 valence electrons. The summed E-state index contributed by atoms with van der Waals surface area (Å²) in [6, 6.07) is 9.95. The van der Waals surface area contributed by atoms with Crippen LogP contribution in [0.4, 0.5) is 0 Å². The van der Waals surface area contributed by atoms with E-state index in [0.29, 0.717) is 19.4 Å². The highest BCUT2D eigenvalue weighted by Gasteiger charge is 2.59. The van der Waals surface area contributed by atoms with Gasteiger partial charge in [-0.05, 0) is 5.56 Å². The minimum Gasteiger partial charge on any atom is -0.337 e. The van der Waals surface area contributed by atoms with Gasteiger partial charge in [-0.1, -0.05) is 30.3 Å². The molecule has 0 radical (unpaired) electrons. The summed E-state index contributed by atoms with van der Waals surface area (Å²) in [5.41, 5.74) is 0.864. The number of Topliss-reactive ketones (excluding diaryl/α,β-unsaturated/α-hetero) is 1. The third-order valence-corrected chi connectivity index (χ3v) is 3.52. The maximum Gasteiger partial charge on any atom is 0.231 e. The lowest BCUT2D eigenvalue weighted by molar-refractivity contribution is -0.175. The highest BCUT2D eigenvalue weighted by atomic mass is 16.2. The largest absolute Gasteiger partial charge is 0.337 e. The van der Waals surface area contributed by atoms with Crippen molar-refractivity contribution in [3.63, 3.8) is 0 Å². The molecule has 1 saturated carbocycles. The Morgan fingerprint density at radius 1 is 1.12 bits per heavy atom. The Balaban J connectivity index is 1.64. The van der Waals surface area contributed by atoms with Gasteiger partial charge in [-0.25, -0.2) is 0 Å². The van der Waals surface area contributed by atoms with Gasteiger partial charge in [-0.3, -0.25) is 9.59 Å². The average Bonchev–Trinajstić information content (AvgIpc) is 2.27. The number of amides is 1. The number of nitrogens with zero attached hydrogens (tertiary/aromatic N) is 1. The molecule has 3 rings (SSSR count). The fourth-order valence-electron chi connectivity index (χ4n) is 2.65. The SMILES string of the molecule is O=C1CC2(C1)CN(Cc1ccccc1)C2=O. The molecule has 16 heavy (non-hydrogen) atoms. The molecule has 1 spiro atoms. The smallest absolute Gasteiger partial charge is 0.231 e. The number of carbonyl (C=O) groups is 2. The van der Waals surface area contributed by atoms with Crippen LogP contribution in [0.5, 0.6) is 0 Å². The number of rotatable bonds is 2. The van der Waals surface area contributed by atoms with Crippen LogP contribution in [0.3, 0.4) is 0 Å². The van der Waals surface area contributed by atoms with Crippen LogP contribution in [0.2, 0.25) is 0 Å². The van der Waals surface area contributed by atoms with Gasteiger partial charge in [0, 0.05) is 25.9 Å². The molecule has 1 aliphatic carbocycles. The van der Waals surface area contributed by atoms with Crippen molar-refractivity contribution in [1.82, 2.24) is 4.90 Å². The molecule has 2 aliphatic rings. The van der Waals surface area contributed by atoms with E-state index in [0.717, 1.165) is 12.1 Å². The first kappa shape index (κ1) is 9.58. The van der Waals surface area contributed by atoms with E-state index in [4.69, 9.17) is 0 Å². The number of hydrogen-bond acceptors (Lipinski definition) is 2. The average molecular weight is 215 g/mol. The molecule has 0 unspecified atom stereocenters. The zero-order valence-electron chi connectivity index (χ0n) is 8.98. The van der Waals surface area contributed by atoms with Crippen LogP contribution in [0.25, 0.3) is 0 Å². The number of benzene rings is 1. The van der Waals surface area contributed by atoms with Crippen LogP contribution in [-0.2, 0) is 16.1 Å². The summed E-state index contributed by atoms with van der Waals surface area (Å²) < 4.78 is 0. The second kappa shape index (κ2) is 3.17. The maximum atomic E-state index is 11.9. The Kier molecular flexibility index (Phi) is 1.90. The Bertz CT molecular complexity index is 444.